The molecular formula is C14H20N2O. The van der Waals surface area contributed by atoms with Gasteiger partial charge in [0.05, 0.1) is 0 Å². The molecule has 1 aliphatic rings. The van der Waals surface area contributed by atoms with Crippen LogP contribution in [0, 0.1) is 5.92 Å². The molecule has 1 aromatic rings. The van der Waals surface area contributed by atoms with Crippen molar-refractivity contribution in [3.63, 3.8) is 0 Å². The standard InChI is InChI=1S/C14H20N2O/c1-10-4-2-7-13(10)16-9-11-5-3-6-12(8-11)14(15)17/h3,5-6,8,10,13,16H,2,4,7,9H2,1H3,(H2,15,17). The van der Waals surface area contributed by atoms with Crippen LogP contribution in [-0.2, 0) is 6.54 Å². The smallest absolute Gasteiger partial charge is 0.248 e. The van der Waals surface area contributed by atoms with Crippen LogP contribution in [0.5, 0.6) is 0 Å². The topological polar surface area (TPSA) is 55.1 Å². The molecule has 0 spiro atoms. The normalized spacial score (nSPS) is 23.8. The van der Waals surface area contributed by atoms with Crippen molar-refractivity contribution in [2.45, 2.75) is 38.8 Å². The van der Waals surface area contributed by atoms with Gasteiger partial charge >= 0.3 is 0 Å². The third-order valence-electron chi connectivity index (χ3n) is 3.64. The van der Waals surface area contributed by atoms with Gasteiger partial charge in [-0.3, -0.25) is 4.79 Å². The van der Waals surface area contributed by atoms with E-state index in [0.29, 0.717) is 11.6 Å². The van der Waals surface area contributed by atoms with Gasteiger partial charge in [-0.1, -0.05) is 25.5 Å². The number of hydrogen-bond donors (Lipinski definition) is 2. The van der Waals surface area contributed by atoms with Gasteiger partial charge in [-0.15, -0.1) is 0 Å². The van der Waals surface area contributed by atoms with Gasteiger partial charge in [0.15, 0.2) is 0 Å². The van der Waals surface area contributed by atoms with Crippen molar-refractivity contribution in [1.29, 1.82) is 0 Å². The molecule has 17 heavy (non-hydrogen) atoms. The Morgan fingerprint density at radius 1 is 1.47 bits per heavy atom. The summed E-state index contributed by atoms with van der Waals surface area (Å²) in [6, 6.07) is 8.15. The Labute approximate surface area is 102 Å². The summed E-state index contributed by atoms with van der Waals surface area (Å²) >= 11 is 0. The molecule has 0 radical (unpaired) electrons. The molecule has 1 saturated carbocycles. The molecule has 0 aromatic heterocycles. The lowest BCUT2D eigenvalue weighted by atomic mass is 10.1. The molecule has 1 aromatic carbocycles. The Morgan fingerprint density at radius 2 is 2.29 bits per heavy atom. The summed E-state index contributed by atoms with van der Waals surface area (Å²) in [6.07, 6.45) is 3.90. The Kier molecular flexibility index (Phi) is 3.79. The SMILES string of the molecule is CC1CCCC1NCc1cccc(C(N)=O)c1. The van der Waals surface area contributed by atoms with Crippen molar-refractivity contribution >= 4 is 5.91 Å². The quantitative estimate of drug-likeness (QED) is 0.835. The second-order valence-electron chi connectivity index (χ2n) is 4.96. The van der Waals surface area contributed by atoms with Gasteiger partial charge in [0.25, 0.3) is 0 Å². The third kappa shape index (κ3) is 3.07. The van der Waals surface area contributed by atoms with Crippen LogP contribution in [0.4, 0.5) is 0 Å². The van der Waals surface area contributed by atoms with Gasteiger partial charge < -0.3 is 11.1 Å². The van der Waals surface area contributed by atoms with Gasteiger partial charge in [-0.25, -0.2) is 0 Å². The van der Waals surface area contributed by atoms with E-state index in [-0.39, 0.29) is 5.91 Å². The fourth-order valence-electron chi connectivity index (χ4n) is 2.53. The number of benzene rings is 1. The molecule has 2 rings (SSSR count). The summed E-state index contributed by atoms with van der Waals surface area (Å²) in [6.45, 7) is 3.11. The van der Waals surface area contributed by atoms with Crippen molar-refractivity contribution in [2.24, 2.45) is 11.7 Å². The first kappa shape index (κ1) is 12.1. The molecule has 3 nitrogen and oxygen atoms in total. The Morgan fingerprint density at radius 3 is 2.94 bits per heavy atom. The second-order valence-corrected chi connectivity index (χ2v) is 4.96. The molecule has 3 heteroatoms. The van der Waals surface area contributed by atoms with Crippen LogP contribution >= 0.6 is 0 Å². The zero-order valence-corrected chi connectivity index (χ0v) is 10.3. The maximum atomic E-state index is 11.1. The Hall–Kier alpha value is -1.35. The molecule has 1 aliphatic carbocycles. The van der Waals surface area contributed by atoms with Crippen molar-refractivity contribution in [3.8, 4) is 0 Å². The highest BCUT2D eigenvalue weighted by atomic mass is 16.1. The fourth-order valence-corrected chi connectivity index (χ4v) is 2.53. The highest BCUT2D eigenvalue weighted by Crippen LogP contribution is 2.25. The lowest BCUT2D eigenvalue weighted by Gasteiger charge is -2.17. The van der Waals surface area contributed by atoms with Gasteiger partial charge in [0, 0.05) is 18.2 Å². The lowest BCUT2D eigenvalue weighted by molar-refractivity contribution is 0.1000. The van der Waals surface area contributed by atoms with Gasteiger partial charge in [0.1, 0.15) is 0 Å². The van der Waals surface area contributed by atoms with E-state index in [2.05, 4.69) is 12.2 Å². The van der Waals surface area contributed by atoms with E-state index in [1.54, 1.807) is 6.07 Å². The van der Waals surface area contributed by atoms with E-state index in [9.17, 15) is 4.79 Å². The van der Waals surface area contributed by atoms with Crippen molar-refractivity contribution in [3.05, 3.63) is 35.4 Å². The summed E-state index contributed by atoms with van der Waals surface area (Å²) in [4.78, 5) is 11.1. The molecule has 0 aliphatic heterocycles. The van der Waals surface area contributed by atoms with Gasteiger partial charge in [0.2, 0.25) is 5.91 Å². The largest absolute Gasteiger partial charge is 0.366 e. The first-order chi connectivity index (χ1) is 8.16. The maximum absolute atomic E-state index is 11.1. The number of rotatable bonds is 4. The molecule has 2 atom stereocenters. The van der Waals surface area contributed by atoms with E-state index < -0.39 is 0 Å². The van der Waals surface area contributed by atoms with E-state index in [1.165, 1.54) is 19.3 Å². The lowest BCUT2D eigenvalue weighted by Crippen LogP contribution is -2.30. The number of nitrogens with one attached hydrogen (secondary N) is 1. The van der Waals surface area contributed by atoms with Crippen LogP contribution in [0.1, 0.15) is 42.1 Å². The van der Waals surface area contributed by atoms with Gasteiger partial charge in [-0.05, 0) is 36.5 Å². The average Bonchev–Trinajstić information content (AvgIpc) is 2.72. The summed E-state index contributed by atoms with van der Waals surface area (Å²) in [7, 11) is 0. The second kappa shape index (κ2) is 5.32. The number of nitrogens with two attached hydrogens (primary N) is 1. The summed E-state index contributed by atoms with van der Waals surface area (Å²) in [5.74, 6) is 0.399. The zero-order valence-electron chi connectivity index (χ0n) is 10.3. The number of primary amides is 1. The molecule has 0 heterocycles. The number of carbonyl (C=O) groups is 1. The van der Waals surface area contributed by atoms with Crippen LogP contribution in [0.15, 0.2) is 24.3 Å². The van der Waals surface area contributed by atoms with E-state index in [4.69, 9.17) is 5.73 Å². The van der Waals surface area contributed by atoms with Crippen molar-refractivity contribution < 1.29 is 4.79 Å². The molecule has 92 valence electrons. The first-order valence-electron chi connectivity index (χ1n) is 6.29. The number of carbonyl (C=O) groups excluding carboxylic acids is 1. The minimum absolute atomic E-state index is 0.360. The van der Waals surface area contributed by atoms with E-state index >= 15 is 0 Å². The first-order valence-corrected chi connectivity index (χ1v) is 6.29. The Balaban J connectivity index is 1.94. The van der Waals surface area contributed by atoms with E-state index in [1.807, 2.05) is 18.2 Å². The average molecular weight is 232 g/mol. The predicted molar refractivity (Wildman–Crippen MR) is 68.6 cm³/mol. The van der Waals surface area contributed by atoms with Gasteiger partial charge in [-0.2, -0.15) is 0 Å². The van der Waals surface area contributed by atoms with Crippen LogP contribution in [-0.4, -0.2) is 11.9 Å². The monoisotopic (exact) mass is 232 g/mol. The molecular weight excluding hydrogens is 212 g/mol. The zero-order chi connectivity index (χ0) is 12.3. The number of amides is 1. The minimum Gasteiger partial charge on any atom is -0.366 e. The summed E-state index contributed by atoms with van der Waals surface area (Å²) in [5.41, 5.74) is 6.98. The highest BCUT2D eigenvalue weighted by Gasteiger charge is 2.22. The highest BCUT2D eigenvalue weighted by molar-refractivity contribution is 5.92. The predicted octanol–water partition coefficient (Wildman–Crippen LogP) is 2.06. The molecule has 1 amide bonds. The molecule has 0 bridgehead atoms. The van der Waals surface area contributed by atoms with Crippen molar-refractivity contribution in [2.75, 3.05) is 0 Å². The third-order valence-corrected chi connectivity index (χ3v) is 3.64. The summed E-state index contributed by atoms with van der Waals surface area (Å²) < 4.78 is 0. The molecule has 1 fully saturated rings. The molecule has 0 saturated heterocycles. The van der Waals surface area contributed by atoms with E-state index in [0.717, 1.165) is 18.0 Å². The summed E-state index contributed by atoms with van der Waals surface area (Å²) in [5, 5.41) is 3.56. The van der Waals surface area contributed by atoms with Crippen LogP contribution < -0.4 is 11.1 Å². The molecule has 2 unspecified atom stereocenters. The minimum atomic E-state index is -0.360. The van der Waals surface area contributed by atoms with Crippen LogP contribution in [0.2, 0.25) is 0 Å². The Bertz CT molecular complexity index is 403. The van der Waals surface area contributed by atoms with Crippen LogP contribution in [0.25, 0.3) is 0 Å². The van der Waals surface area contributed by atoms with Crippen molar-refractivity contribution in [1.82, 2.24) is 5.32 Å². The van der Waals surface area contributed by atoms with Crippen LogP contribution in [0.3, 0.4) is 0 Å². The molecule has 3 N–H and O–H groups in total. The maximum Gasteiger partial charge on any atom is 0.248 e. The number of hydrogen-bond acceptors (Lipinski definition) is 2. The fraction of sp³-hybridized carbons (Fsp3) is 0.500.